The lowest BCUT2D eigenvalue weighted by Crippen LogP contribution is -2.38. The van der Waals surface area contributed by atoms with E-state index in [-0.39, 0.29) is 6.10 Å². The van der Waals surface area contributed by atoms with Crippen LogP contribution >= 0.6 is 11.3 Å². The van der Waals surface area contributed by atoms with Crippen molar-refractivity contribution in [3.05, 3.63) is 46.7 Å². The van der Waals surface area contributed by atoms with E-state index in [0.717, 1.165) is 17.0 Å². The summed E-state index contributed by atoms with van der Waals surface area (Å²) in [5.41, 5.74) is -4.63. The molecule has 1 saturated heterocycles. The Balaban J connectivity index is 1.79. The second-order valence-corrected chi connectivity index (χ2v) is 8.18. The summed E-state index contributed by atoms with van der Waals surface area (Å²) in [5, 5.41) is 1.95. The van der Waals surface area contributed by atoms with E-state index in [4.69, 9.17) is 4.74 Å². The van der Waals surface area contributed by atoms with Crippen molar-refractivity contribution in [2.24, 2.45) is 0 Å². The highest BCUT2D eigenvalue weighted by atomic mass is 32.2. The standard InChI is InChI=1S/C15H14F3NO3S2/c16-15(17,18)24(20,21)12-5-3-11(4-6-12)19-7-8-22-13(10-19)14-2-1-9-23-14/h1-6,9,13H,7-8,10H2. The summed E-state index contributed by atoms with van der Waals surface area (Å²) in [6.07, 6.45) is -0.0997. The molecule has 2 heterocycles. The van der Waals surface area contributed by atoms with Gasteiger partial charge in [-0.05, 0) is 35.7 Å². The van der Waals surface area contributed by atoms with Gasteiger partial charge in [0.05, 0.1) is 11.5 Å². The highest BCUT2D eigenvalue weighted by Gasteiger charge is 2.46. The monoisotopic (exact) mass is 377 g/mol. The SMILES string of the molecule is O=S(=O)(c1ccc(N2CCOC(c3cccs3)C2)cc1)C(F)(F)F. The third kappa shape index (κ3) is 3.28. The fourth-order valence-corrected chi connectivity index (χ4v) is 4.03. The summed E-state index contributed by atoms with van der Waals surface area (Å²) < 4.78 is 66.2. The predicted octanol–water partition coefficient (Wildman–Crippen LogP) is 3.62. The molecule has 0 N–H and O–H groups in total. The fourth-order valence-electron chi connectivity index (χ4n) is 2.50. The molecule has 2 aromatic rings. The van der Waals surface area contributed by atoms with Crippen LogP contribution in [0.4, 0.5) is 18.9 Å². The number of nitrogens with zero attached hydrogens (tertiary/aromatic N) is 1. The minimum absolute atomic E-state index is 0.0997. The molecule has 1 aromatic carbocycles. The van der Waals surface area contributed by atoms with Gasteiger partial charge in [-0.1, -0.05) is 6.07 Å². The average Bonchev–Trinajstić information content (AvgIpc) is 3.08. The Bertz CT molecular complexity index is 786. The first kappa shape index (κ1) is 17.2. The topological polar surface area (TPSA) is 46.6 Å². The third-order valence-electron chi connectivity index (χ3n) is 3.74. The zero-order chi connectivity index (χ0) is 17.4. The Morgan fingerprint density at radius 1 is 1.17 bits per heavy atom. The summed E-state index contributed by atoms with van der Waals surface area (Å²) in [5.74, 6) is 0. The molecule has 24 heavy (non-hydrogen) atoms. The van der Waals surface area contributed by atoms with Crippen molar-refractivity contribution < 1.29 is 26.3 Å². The number of alkyl halides is 3. The maximum atomic E-state index is 12.6. The number of morpholine rings is 1. The molecule has 4 nitrogen and oxygen atoms in total. The number of sulfone groups is 1. The number of rotatable bonds is 3. The van der Waals surface area contributed by atoms with Crippen molar-refractivity contribution in [1.82, 2.24) is 0 Å². The van der Waals surface area contributed by atoms with Gasteiger partial charge in [0.25, 0.3) is 9.84 Å². The van der Waals surface area contributed by atoms with Gasteiger partial charge in [-0.15, -0.1) is 11.3 Å². The average molecular weight is 377 g/mol. The zero-order valence-corrected chi connectivity index (χ0v) is 14.0. The Morgan fingerprint density at radius 2 is 1.88 bits per heavy atom. The van der Waals surface area contributed by atoms with Gasteiger partial charge < -0.3 is 9.64 Å². The van der Waals surface area contributed by atoms with Crippen LogP contribution in [0.5, 0.6) is 0 Å². The van der Waals surface area contributed by atoms with Crippen LogP contribution in [-0.2, 0) is 14.6 Å². The minimum Gasteiger partial charge on any atom is -0.369 e. The quantitative estimate of drug-likeness (QED) is 0.820. The Labute approximate surface area is 141 Å². The Kier molecular flexibility index (Phi) is 4.58. The van der Waals surface area contributed by atoms with Crippen LogP contribution in [0.25, 0.3) is 0 Å². The van der Waals surface area contributed by atoms with Crippen LogP contribution in [0, 0.1) is 0 Å². The molecule has 1 aliphatic rings. The number of ether oxygens (including phenoxy) is 1. The van der Waals surface area contributed by atoms with Crippen molar-refractivity contribution in [3.63, 3.8) is 0 Å². The molecule has 1 unspecified atom stereocenters. The van der Waals surface area contributed by atoms with Crippen LogP contribution in [-0.4, -0.2) is 33.6 Å². The van der Waals surface area contributed by atoms with E-state index in [1.54, 1.807) is 11.3 Å². The highest BCUT2D eigenvalue weighted by molar-refractivity contribution is 7.92. The van der Waals surface area contributed by atoms with Crippen molar-refractivity contribution in [3.8, 4) is 0 Å². The van der Waals surface area contributed by atoms with Crippen molar-refractivity contribution in [1.29, 1.82) is 0 Å². The molecule has 0 saturated carbocycles. The molecule has 9 heteroatoms. The lowest BCUT2D eigenvalue weighted by Gasteiger charge is -2.34. The lowest BCUT2D eigenvalue weighted by molar-refractivity contribution is -0.0436. The van der Waals surface area contributed by atoms with E-state index in [9.17, 15) is 21.6 Å². The van der Waals surface area contributed by atoms with E-state index in [1.165, 1.54) is 12.1 Å². The van der Waals surface area contributed by atoms with E-state index < -0.39 is 20.2 Å². The molecule has 0 bridgehead atoms. The number of thiophene rings is 1. The second kappa shape index (κ2) is 6.38. The third-order valence-corrected chi connectivity index (χ3v) is 6.21. The molecule has 3 rings (SSSR count). The number of halogens is 3. The molecule has 1 aromatic heterocycles. The van der Waals surface area contributed by atoms with E-state index >= 15 is 0 Å². The molecule has 1 fully saturated rings. The summed E-state index contributed by atoms with van der Waals surface area (Å²) in [7, 11) is -5.31. The van der Waals surface area contributed by atoms with E-state index in [1.807, 2.05) is 22.4 Å². The van der Waals surface area contributed by atoms with Crippen LogP contribution < -0.4 is 4.90 Å². The van der Waals surface area contributed by atoms with Gasteiger partial charge in [0.15, 0.2) is 0 Å². The van der Waals surface area contributed by atoms with Crippen molar-refractivity contribution in [2.45, 2.75) is 16.5 Å². The van der Waals surface area contributed by atoms with Crippen molar-refractivity contribution >= 4 is 26.9 Å². The van der Waals surface area contributed by atoms with E-state index in [2.05, 4.69) is 0 Å². The smallest absolute Gasteiger partial charge is 0.369 e. The summed E-state index contributed by atoms with van der Waals surface area (Å²) in [6, 6.07) is 8.68. The molecular formula is C15H14F3NO3S2. The van der Waals surface area contributed by atoms with Crippen LogP contribution in [0.3, 0.4) is 0 Å². The molecule has 1 aliphatic heterocycles. The first-order chi connectivity index (χ1) is 11.3. The van der Waals surface area contributed by atoms with Crippen molar-refractivity contribution in [2.75, 3.05) is 24.6 Å². The van der Waals surface area contributed by atoms with Gasteiger partial charge in [0.2, 0.25) is 0 Å². The Hall–Kier alpha value is -1.58. The predicted molar refractivity (Wildman–Crippen MR) is 84.9 cm³/mol. The molecule has 130 valence electrons. The first-order valence-electron chi connectivity index (χ1n) is 7.10. The number of anilines is 1. The molecule has 0 aliphatic carbocycles. The van der Waals surface area contributed by atoms with Gasteiger partial charge in [-0.25, -0.2) is 8.42 Å². The van der Waals surface area contributed by atoms with Gasteiger partial charge in [-0.2, -0.15) is 13.2 Å². The first-order valence-corrected chi connectivity index (χ1v) is 9.47. The van der Waals surface area contributed by atoms with Crippen LogP contribution in [0.2, 0.25) is 0 Å². The van der Waals surface area contributed by atoms with Gasteiger partial charge >= 0.3 is 5.51 Å². The van der Waals surface area contributed by atoms with Crippen LogP contribution in [0.1, 0.15) is 11.0 Å². The second-order valence-electron chi connectivity index (χ2n) is 5.26. The summed E-state index contributed by atoms with van der Waals surface area (Å²) in [6.45, 7) is 1.64. The van der Waals surface area contributed by atoms with E-state index in [0.29, 0.717) is 25.4 Å². The largest absolute Gasteiger partial charge is 0.501 e. The number of hydrogen-bond acceptors (Lipinski definition) is 5. The normalized spacial score (nSPS) is 19.5. The Morgan fingerprint density at radius 3 is 2.46 bits per heavy atom. The molecule has 0 spiro atoms. The molecule has 0 radical (unpaired) electrons. The molecule has 0 amide bonds. The lowest BCUT2D eigenvalue weighted by atomic mass is 10.2. The van der Waals surface area contributed by atoms with Crippen LogP contribution in [0.15, 0.2) is 46.7 Å². The highest BCUT2D eigenvalue weighted by Crippen LogP contribution is 2.32. The number of hydrogen-bond donors (Lipinski definition) is 0. The minimum atomic E-state index is -5.31. The summed E-state index contributed by atoms with van der Waals surface area (Å²) >= 11 is 1.58. The van der Waals surface area contributed by atoms with Gasteiger partial charge in [-0.3, -0.25) is 0 Å². The summed E-state index contributed by atoms with van der Waals surface area (Å²) in [4.78, 5) is 2.30. The maximum Gasteiger partial charge on any atom is 0.501 e. The molecule has 1 atom stereocenters. The molecular weight excluding hydrogens is 363 g/mol. The fraction of sp³-hybridized carbons (Fsp3) is 0.333. The number of benzene rings is 1. The van der Waals surface area contributed by atoms with Gasteiger partial charge in [0.1, 0.15) is 6.10 Å². The zero-order valence-electron chi connectivity index (χ0n) is 12.4. The maximum absolute atomic E-state index is 12.6. The van der Waals surface area contributed by atoms with Gasteiger partial charge in [0, 0.05) is 23.7 Å².